The summed E-state index contributed by atoms with van der Waals surface area (Å²) in [6.07, 6.45) is 0.536. The number of benzene rings is 1. The Morgan fingerprint density at radius 1 is 1.17 bits per heavy atom. The number of piperazine rings is 1. The number of aryl methyl sites for hydroxylation is 1. The highest BCUT2D eigenvalue weighted by molar-refractivity contribution is 6.34. The number of nitrogens with two attached hydrogens (primary N) is 1. The van der Waals surface area contributed by atoms with Crippen LogP contribution in [0.2, 0.25) is 5.02 Å². The molecule has 9 heteroatoms. The monoisotopic (exact) mass is 433 g/mol. The Labute approximate surface area is 181 Å². The van der Waals surface area contributed by atoms with Crippen molar-refractivity contribution < 1.29 is 14.3 Å². The topological polar surface area (TPSA) is 93.7 Å². The van der Waals surface area contributed by atoms with Crippen molar-refractivity contribution in [2.45, 2.75) is 19.9 Å². The van der Waals surface area contributed by atoms with Crippen molar-refractivity contribution in [3.8, 4) is 0 Å². The number of carbonyl (C=O) groups excluding carboxylic acids is 2. The Kier molecular flexibility index (Phi) is 7.47. The number of ketones is 1. The van der Waals surface area contributed by atoms with Crippen molar-refractivity contribution in [1.29, 1.82) is 0 Å². The lowest BCUT2D eigenvalue weighted by Crippen LogP contribution is -2.45. The number of carbonyl (C=O) groups is 2. The molecule has 3 rings (SSSR count). The van der Waals surface area contributed by atoms with Crippen LogP contribution in [0.4, 0.5) is 5.82 Å². The van der Waals surface area contributed by atoms with Crippen LogP contribution in [0.15, 0.2) is 24.3 Å². The summed E-state index contributed by atoms with van der Waals surface area (Å²) in [6.45, 7) is 6.96. The van der Waals surface area contributed by atoms with Gasteiger partial charge < -0.3 is 15.4 Å². The van der Waals surface area contributed by atoms with Crippen LogP contribution in [-0.2, 0) is 17.7 Å². The molecular weight excluding hydrogens is 406 g/mol. The lowest BCUT2D eigenvalue weighted by Gasteiger charge is -2.32. The third-order valence-electron chi connectivity index (χ3n) is 5.34. The molecule has 8 nitrogen and oxygen atoms in total. The molecule has 0 unspecified atom stereocenters. The molecule has 0 saturated carbocycles. The summed E-state index contributed by atoms with van der Waals surface area (Å²) in [7, 11) is 2.12. The van der Waals surface area contributed by atoms with E-state index >= 15 is 0 Å². The summed E-state index contributed by atoms with van der Waals surface area (Å²) >= 11 is 6.03. The third kappa shape index (κ3) is 5.19. The van der Waals surface area contributed by atoms with Gasteiger partial charge in [-0.25, -0.2) is 9.48 Å². The highest BCUT2D eigenvalue weighted by atomic mass is 35.5. The first kappa shape index (κ1) is 22.3. The van der Waals surface area contributed by atoms with Gasteiger partial charge in [-0.2, -0.15) is 5.10 Å². The molecule has 2 N–H and O–H groups in total. The van der Waals surface area contributed by atoms with Gasteiger partial charge in [-0.05, 0) is 25.6 Å². The second kappa shape index (κ2) is 10.1. The lowest BCUT2D eigenvalue weighted by atomic mass is 10.1. The third-order valence-corrected chi connectivity index (χ3v) is 5.67. The van der Waals surface area contributed by atoms with Gasteiger partial charge in [0.05, 0.1) is 17.3 Å². The number of esters is 1. The zero-order valence-electron chi connectivity index (χ0n) is 17.4. The van der Waals surface area contributed by atoms with E-state index in [-0.39, 0.29) is 17.2 Å². The number of halogens is 1. The zero-order valence-corrected chi connectivity index (χ0v) is 18.2. The van der Waals surface area contributed by atoms with Crippen molar-refractivity contribution in [3.05, 3.63) is 46.1 Å². The molecule has 0 amide bonds. The highest BCUT2D eigenvalue weighted by Crippen LogP contribution is 2.20. The molecule has 30 heavy (non-hydrogen) atoms. The fourth-order valence-electron chi connectivity index (χ4n) is 3.44. The normalized spacial score (nSPS) is 15.3. The van der Waals surface area contributed by atoms with Crippen molar-refractivity contribution in [2.75, 3.05) is 52.1 Å². The van der Waals surface area contributed by atoms with E-state index in [4.69, 9.17) is 22.1 Å². The van der Waals surface area contributed by atoms with Crippen LogP contribution in [0, 0.1) is 0 Å². The molecule has 0 bridgehead atoms. The maximum atomic E-state index is 12.7. The van der Waals surface area contributed by atoms with Crippen LogP contribution < -0.4 is 5.73 Å². The number of ether oxygens (including phenoxy) is 1. The first-order valence-electron chi connectivity index (χ1n) is 10.1. The van der Waals surface area contributed by atoms with Crippen LogP contribution in [0.1, 0.15) is 33.3 Å². The smallest absolute Gasteiger partial charge is 0.344 e. The summed E-state index contributed by atoms with van der Waals surface area (Å²) in [6, 6.07) is 6.66. The molecule has 1 aromatic heterocycles. The number of likely N-dealkylation sites (N-methyl/N-ethyl adjacent to an activating group) is 1. The SMILES string of the molecule is CCc1nn(CCN2CCN(C)CC2)c(N)c1C(=O)OCC(=O)c1ccccc1Cl. The van der Waals surface area contributed by atoms with E-state index in [2.05, 4.69) is 21.9 Å². The van der Waals surface area contributed by atoms with Crippen LogP contribution in [0.3, 0.4) is 0 Å². The van der Waals surface area contributed by atoms with Crippen LogP contribution in [-0.4, -0.2) is 77.7 Å². The average Bonchev–Trinajstić information content (AvgIpc) is 3.07. The number of nitrogens with zero attached hydrogens (tertiary/aromatic N) is 4. The second-order valence-corrected chi connectivity index (χ2v) is 7.81. The van der Waals surface area contributed by atoms with Crippen molar-refractivity contribution in [3.63, 3.8) is 0 Å². The molecule has 1 aromatic carbocycles. The van der Waals surface area contributed by atoms with Gasteiger partial charge in [-0.1, -0.05) is 30.7 Å². The van der Waals surface area contributed by atoms with Gasteiger partial charge in [0.1, 0.15) is 11.4 Å². The van der Waals surface area contributed by atoms with Gasteiger partial charge in [0, 0.05) is 38.3 Å². The van der Waals surface area contributed by atoms with Gasteiger partial charge in [0.2, 0.25) is 5.78 Å². The van der Waals surface area contributed by atoms with Gasteiger partial charge in [0.15, 0.2) is 6.61 Å². The van der Waals surface area contributed by atoms with Crippen LogP contribution in [0.25, 0.3) is 0 Å². The van der Waals surface area contributed by atoms with E-state index in [0.717, 1.165) is 32.7 Å². The molecule has 0 atom stereocenters. The number of Topliss-reactive ketones (excluding diaryl/α,β-unsaturated/α-hetero) is 1. The first-order chi connectivity index (χ1) is 14.4. The Balaban J connectivity index is 1.63. The predicted octanol–water partition coefficient (Wildman–Crippen LogP) is 1.97. The minimum atomic E-state index is -0.643. The van der Waals surface area contributed by atoms with E-state index in [1.54, 1.807) is 28.9 Å². The average molecular weight is 434 g/mol. The summed E-state index contributed by atoms with van der Waals surface area (Å²) in [4.78, 5) is 29.6. The molecule has 2 heterocycles. The predicted molar refractivity (Wildman–Crippen MR) is 116 cm³/mol. The Hall–Kier alpha value is -2.42. The number of hydrogen-bond acceptors (Lipinski definition) is 7. The molecule has 1 saturated heterocycles. The molecule has 0 spiro atoms. The van der Waals surface area contributed by atoms with Crippen molar-refractivity contribution in [2.24, 2.45) is 0 Å². The number of nitrogen functional groups attached to an aromatic ring is 1. The van der Waals surface area contributed by atoms with E-state index in [0.29, 0.717) is 29.2 Å². The van der Waals surface area contributed by atoms with Gasteiger partial charge in [-0.15, -0.1) is 0 Å². The number of anilines is 1. The Morgan fingerprint density at radius 3 is 2.53 bits per heavy atom. The Morgan fingerprint density at radius 2 is 1.87 bits per heavy atom. The highest BCUT2D eigenvalue weighted by Gasteiger charge is 2.24. The van der Waals surface area contributed by atoms with E-state index < -0.39 is 12.6 Å². The molecule has 1 aliphatic rings. The summed E-state index contributed by atoms with van der Waals surface area (Å²) in [5.41, 5.74) is 7.35. The molecule has 0 aliphatic carbocycles. The molecule has 1 aliphatic heterocycles. The van der Waals surface area contributed by atoms with Crippen molar-refractivity contribution >= 4 is 29.2 Å². The van der Waals surface area contributed by atoms with Gasteiger partial charge in [-0.3, -0.25) is 9.69 Å². The number of rotatable bonds is 8. The second-order valence-electron chi connectivity index (χ2n) is 7.41. The van der Waals surface area contributed by atoms with Gasteiger partial charge in [0.25, 0.3) is 0 Å². The number of aromatic nitrogens is 2. The molecule has 0 radical (unpaired) electrons. The fourth-order valence-corrected chi connectivity index (χ4v) is 3.68. The molecule has 2 aromatic rings. The zero-order chi connectivity index (χ0) is 21.7. The molecular formula is C21H28ClN5O3. The van der Waals surface area contributed by atoms with Gasteiger partial charge >= 0.3 is 5.97 Å². The quantitative estimate of drug-likeness (QED) is 0.502. The molecule has 1 fully saturated rings. The molecule has 162 valence electrons. The standard InChI is InChI=1S/C21H28ClN5O3/c1-3-17-19(21(29)30-14-18(28)15-6-4-5-7-16(15)22)20(23)27(24-17)13-12-26-10-8-25(2)9-11-26/h4-7H,3,8-14,23H2,1-2H3. The summed E-state index contributed by atoms with van der Waals surface area (Å²) in [5.74, 6) is -0.736. The van der Waals surface area contributed by atoms with Crippen LogP contribution in [0.5, 0.6) is 0 Å². The minimum Gasteiger partial charge on any atom is -0.454 e. The summed E-state index contributed by atoms with van der Waals surface area (Å²) < 4.78 is 6.90. The minimum absolute atomic E-state index is 0.239. The fraction of sp³-hybridized carbons (Fsp3) is 0.476. The van der Waals surface area contributed by atoms with Crippen LogP contribution >= 0.6 is 11.6 Å². The van der Waals surface area contributed by atoms with Crippen molar-refractivity contribution in [1.82, 2.24) is 19.6 Å². The largest absolute Gasteiger partial charge is 0.454 e. The maximum Gasteiger partial charge on any atom is 0.344 e. The Bertz CT molecular complexity index is 906. The van der Waals surface area contributed by atoms with E-state index in [1.807, 2.05) is 6.92 Å². The van der Waals surface area contributed by atoms with E-state index in [9.17, 15) is 9.59 Å². The van der Waals surface area contributed by atoms with E-state index in [1.165, 1.54) is 0 Å². The summed E-state index contributed by atoms with van der Waals surface area (Å²) in [5, 5.41) is 4.82. The first-order valence-corrected chi connectivity index (χ1v) is 10.5. The lowest BCUT2D eigenvalue weighted by molar-refractivity contribution is 0.0474. The number of hydrogen-bond donors (Lipinski definition) is 1. The maximum absolute atomic E-state index is 12.7.